The van der Waals surface area contributed by atoms with E-state index in [4.69, 9.17) is 4.42 Å². The first-order chi connectivity index (χ1) is 14.2. The summed E-state index contributed by atoms with van der Waals surface area (Å²) >= 11 is 0. The topological polar surface area (TPSA) is 62.5 Å². The number of oxazole rings is 1. The van der Waals surface area contributed by atoms with Crippen LogP contribution in [-0.4, -0.2) is 24.0 Å². The van der Waals surface area contributed by atoms with Gasteiger partial charge in [0.1, 0.15) is 12.3 Å². The largest absolute Gasteiger partial charge is 0.444 e. The summed E-state index contributed by atoms with van der Waals surface area (Å²) in [6.45, 7) is 7.97. The molecule has 160 valence electrons. The van der Waals surface area contributed by atoms with E-state index in [9.17, 15) is 0 Å². The molecule has 0 radical (unpaired) electrons. The minimum Gasteiger partial charge on any atom is -0.444 e. The molecule has 0 spiro atoms. The zero-order chi connectivity index (χ0) is 20.5. The maximum atomic E-state index is 5.63. The van der Waals surface area contributed by atoms with Gasteiger partial charge in [0.05, 0.1) is 5.69 Å². The van der Waals surface area contributed by atoms with Crippen molar-refractivity contribution in [3.63, 3.8) is 0 Å². The van der Waals surface area contributed by atoms with Crippen LogP contribution in [0.15, 0.2) is 70.1 Å². The SMILES string of the molecule is CCNC(=NCc1nc(C)c(C)o1)NCCC(c1ccccc1)c1ccccc1.I. The third-order valence-corrected chi connectivity index (χ3v) is 4.92. The van der Waals surface area contributed by atoms with Crippen molar-refractivity contribution in [3.8, 4) is 0 Å². The van der Waals surface area contributed by atoms with E-state index >= 15 is 0 Å². The molecule has 0 fully saturated rings. The predicted molar refractivity (Wildman–Crippen MR) is 134 cm³/mol. The number of guanidine groups is 1. The highest BCUT2D eigenvalue weighted by atomic mass is 127. The number of aliphatic imine (C=N–C) groups is 1. The second-order valence-electron chi connectivity index (χ2n) is 7.03. The molecule has 1 aromatic heterocycles. The number of aromatic nitrogens is 1. The van der Waals surface area contributed by atoms with E-state index in [1.54, 1.807) is 0 Å². The molecule has 0 saturated carbocycles. The third-order valence-electron chi connectivity index (χ3n) is 4.92. The molecule has 2 aromatic carbocycles. The van der Waals surface area contributed by atoms with Gasteiger partial charge in [-0.15, -0.1) is 24.0 Å². The van der Waals surface area contributed by atoms with Crippen molar-refractivity contribution < 1.29 is 4.42 Å². The molecule has 0 aliphatic heterocycles. The van der Waals surface area contributed by atoms with Crippen LogP contribution in [0.1, 0.15) is 47.7 Å². The summed E-state index contributed by atoms with van der Waals surface area (Å²) in [5.74, 6) is 2.61. The molecule has 0 saturated heterocycles. The maximum Gasteiger partial charge on any atom is 0.216 e. The van der Waals surface area contributed by atoms with Gasteiger partial charge in [0.2, 0.25) is 5.89 Å². The summed E-state index contributed by atoms with van der Waals surface area (Å²) < 4.78 is 5.63. The first-order valence-electron chi connectivity index (χ1n) is 10.2. The molecule has 3 aromatic rings. The van der Waals surface area contributed by atoms with Crippen LogP contribution in [-0.2, 0) is 6.54 Å². The highest BCUT2D eigenvalue weighted by molar-refractivity contribution is 14.0. The molecule has 0 aliphatic rings. The van der Waals surface area contributed by atoms with E-state index in [2.05, 4.69) is 88.2 Å². The molecule has 0 atom stereocenters. The Kier molecular flexibility index (Phi) is 9.86. The number of hydrogen-bond acceptors (Lipinski definition) is 3. The minimum absolute atomic E-state index is 0. The predicted octanol–water partition coefficient (Wildman–Crippen LogP) is 5.19. The van der Waals surface area contributed by atoms with Crippen LogP contribution in [0.4, 0.5) is 0 Å². The van der Waals surface area contributed by atoms with Crippen molar-refractivity contribution >= 4 is 29.9 Å². The molecular formula is C24H31IN4O. The standard InChI is InChI=1S/C24H30N4O.HI/c1-4-25-24(27-17-23-28-18(2)19(3)29-23)26-16-15-22(20-11-7-5-8-12-20)21-13-9-6-10-14-21;/h5-14,22H,4,15-17H2,1-3H3,(H2,25,26,27);1H. The van der Waals surface area contributed by atoms with Crippen molar-refractivity contribution in [1.29, 1.82) is 0 Å². The Labute approximate surface area is 196 Å². The van der Waals surface area contributed by atoms with Gasteiger partial charge >= 0.3 is 0 Å². The van der Waals surface area contributed by atoms with E-state index in [-0.39, 0.29) is 24.0 Å². The van der Waals surface area contributed by atoms with Crippen LogP contribution in [0.3, 0.4) is 0 Å². The molecule has 0 amide bonds. The zero-order valence-corrected chi connectivity index (χ0v) is 20.2. The lowest BCUT2D eigenvalue weighted by molar-refractivity contribution is 0.472. The van der Waals surface area contributed by atoms with Gasteiger partial charge in [-0.3, -0.25) is 0 Å². The summed E-state index contributed by atoms with van der Waals surface area (Å²) in [5.41, 5.74) is 3.57. The number of aryl methyl sites for hydroxylation is 2. The van der Waals surface area contributed by atoms with Crippen molar-refractivity contribution in [1.82, 2.24) is 15.6 Å². The first-order valence-corrected chi connectivity index (χ1v) is 10.2. The van der Waals surface area contributed by atoms with Gasteiger partial charge in [-0.05, 0) is 38.3 Å². The van der Waals surface area contributed by atoms with Gasteiger partial charge in [0, 0.05) is 19.0 Å². The highest BCUT2D eigenvalue weighted by Crippen LogP contribution is 2.27. The van der Waals surface area contributed by atoms with Gasteiger partial charge in [0.25, 0.3) is 0 Å². The Morgan fingerprint density at radius 2 is 1.57 bits per heavy atom. The summed E-state index contributed by atoms with van der Waals surface area (Å²) in [7, 11) is 0. The second-order valence-corrected chi connectivity index (χ2v) is 7.03. The number of rotatable bonds is 8. The molecule has 3 rings (SSSR count). The number of benzene rings is 2. The van der Waals surface area contributed by atoms with Crippen molar-refractivity contribution in [2.45, 2.75) is 39.7 Å². The molecule has 1 heterocycles. The number of nitrogens with one attached hydrogen (secondary N) is 2. The van der Waals surface area contributed by atoms with Crippen molar-refractivity contribution in [2.24, 2.45) is 4.99 Å². The summed E-state index contributed by atoms with van der Waals surface area (Å²) in [6.07, 6.45) is 0.968. The van der Waals surface area contributed by atoms with Crippen LogP contribution in [0.5, 0.6) is 0 Å². The number of hydrogen-bond donors (Lipinski definition) is 2. The fourth-order valence-corrected chi connectivity index (χ4v) is 3.33. The zero-order valence-electron chi connectivity index (χ0n) is 17.9. The average Bonchev–Trinajstić information content (AvgIpc) is 3.08. The Hall–Kier alpha value is -2.35. The van der Waals surface area contributed by atoms with E-state index in [0.29, 0.717) is 18.4 Å². The van der Waals surface area contributed by atoms with Gasteiger partial charge in [0.15, 0.2) is 5.96 Å². The molecule has 30 heavy (non-hydrogen) atoms. The number of halogens is 1. The molecule has 0 aliphatic carbocycles. The Bertz CT molecular complexity index is 850. The fraction of sp³-hybridized carbons (Fsp3) is 0.333. The first kappa shape index (κ1) is 23.9. The lowest BCUT2D eigenvalue weighted by atomic mass is 9.88. The average molecular weight is 518 g/mol. The Morgan fingerprint density at radius 3 is 2.07 bits per heavy atom. The molecule has 0 bridgehead atoms. The van der Waals surface area contributed by atoms with Crippen LogP contribution in [0, 0.1) is 13.8 Å². The van der Waals surface area contributed by atoms with E-state index < -0.39 is 0 Å². The smallest absolute Gasteiger partial charge is 0.216 e. The van der Waals surface area contributed by atoms with E-state index in [1.807, 2.05) is 13.8 Å². The minimum atomic E-state index is 0. The van der Waals surface area contributed by atoms with Crippen LogP contribution in [0.2, 0.25) is 0 Å². The number of nitrogens with zero attached hydrogens (tertiary/aromatic N) is 2. The van der Waals surface area contributed by atoms with Gasteiger partial charge < -0.3 is 15.1 Å². The summed E-state index contributed by atoms with van der Waals surface area (Å²) in [6, 6.07) is 21.3. The van der Waals surface area contributed by atoms with Crippen LogP contribution >= 0.6 is 24.0 Å². The quantitative estimate of drug-likeness (QED) is 0.245. The summed E-state index contributed by atoms with van der Waals surface area (Å²) in [5, 5.41) is 6.75. The lowest BCUT2D eigenvalue weighted by Crippen LogP contribution is -2.38. The highest BCUT2D eigenvalue weighted by Gasteiger charge is 2.14. The van der Waals surface area contributed by atoms with Crippen LogP contribution < -0.4 is 10.6 Å². The van der Waals surface area contributed by atoms with Crippen molar-refractivity contribution in [3.05, 3.63) is 89.1 Å². The van der Waals surface area contributed by atoms with E-state index in [1.165, 1.54) is 11.1 Å². The fourth-order valence-electron chi connectivity index (χ4n) is 3.33. The normalized spacial score (nSPS) is 11.3. The second kappa shape index (κ2) is 12.4. The lowest BCUT2D eigenvalue weighted by Gasteiger charge is -2.19. The Morgan fingerprint density at radius 1 is 0.967 bits per heavy atom. The summed E-state index contributed by atoms with van der Waals surface area (Å²) in [4.78, 5) is 9.02. The molecule has 6 heteroatoms. The molecule has 0 unspecified atom stereocenters. The third kappa shape index (κ3) is 6.86. The molecule has 5 nitrogen and oxygen atoms in total. The van der Waals surface area contributed by atoms with Gasteiger partial charge in [-0.25, -0.2) is 9.98 Å². The molecular weight excluding hydrogens is 487 g/mol. The molecule has 2 N–H and O–H groups in total. The Balaban J connectivity index is 0.00000320. The monoisotopic (exact) mass is 518 g/mol. The van der Waals surface area contributed by atoms with Crippen molar-refractivity contribution in [2.75, 3.05) is 13.1 Å². The van der Waals surface area contributed by atoms with E-state index in [0.717, 1.165) is 36.9 Å². The van der Waals surface area contributed by atoms with Gasteiger partial charge in [-0.2, -0.15) is 0 Å². The van der Waals surface area contributed by atoms with Gasteiger partial charge in [-0.1, -0.05) is 60.7 Å². The van der Waals surface area contributed by atoms with Crippen LogP contribution in [0.25, 0.3) is 0 Å². The maximum absolute atomic E-state index is 5.63.